The molecule has 4 rings (SSSR count). The number of furan rings is 1. The third kappa shape index (κ3) is 6.20. The van der Waals surface area contributed by atoms with Crippen LogP contribution in [-0.4, -0.2) is 40.1 Å². The number of aromatic nitrogens is 1. The number of fused-ring (bicyclic) bond motifs is 1. The summed E-state index contributed by atoms with van der Waals surface area (Å²) in [5.74, 6) is -2.57. The first-order valence-corrected chi connectivity index (χ1v) is 11.8. The molecule has 1 saturated heterocycles. The van der Waals surface area contributed by atoms with Gasteiger partial charge in [0, 0.05) is 49.6 Å². The van der Waals surface area contributed by atoms with Crippen molar-refractivity contribution in [2.75, 3.05) is 13.1 Å². The van der Waals surface area contributed by atoms with Gasteiger partial charge in [0.25, 0.3) is 5.92 Å². The summed E-state index contributed by atoms with van der Waals surface area (Å²) in [4.78, 5) is 17.5. The summed E-state index contributed by atoms with van der Waals surface area (Å²) in [6.45, 7) is 6.18. The minimum absolute atomic E-state index is 0.0722. The molecule has 1 aliphatic heterocycles. The van der Waals surface area contributed by atoms with Gasteiger partial charge in [0.05, 0.1) is 17.3 Å². The number of benzene rings is 1. The number of hydrogen-bond acceptors (Lipinski definition) is 4. The summed E-state index contributed by atoms with van der Waals surface area (Å²) < 4.78 is 74.4. The number of nitrogens with zero attached hydrogens (tertiary/aromatic N) is 2. The number of rotatable bonds is 5. The van der Waals surface area contributed by atoms with Crippen molar-refractivity contribution in [3.8, 4) is 11.3 Å². The molecule has 2 N–H and O–H groups in total. The number of nitrogens with one attached hydrogen (secondary N) is 1. The zero-order valence-corrected chi connectivity index (χ0v) is 20.6. The zero-order valence-electron chi connectivity index (χ0n) is 20.6. The van der Waals surface area contributed by atoms with Crippen LogP contribution in [0.1, 0.15) is 56.5 Å². The molecule has 11 heteroatoms. The first-order chi connectivity index (χ1) is 17.1. The van der Waals surface area contributed by atoms with E-state index in [0.717, 1.165) is 11.6 Å². The highest BCUT2D eigenvalue weighted by molar-refractivity contribution is 5.87. The Kier molecular flexibility index (Phi) is 6.96. The number of halogens is 5. The van der Waals surface area contributed by atoms with Crippen molar-refractivity contribution >= 4 is 17.1 Å². The fraction of sp³-hybridized carbons (Fsp3) is 0.462. The van der Waals surface area contributed by atoms with Crippen LogP contribution >= 0.6 is 0 Å². The molecule has 0 bridgehead atoms. The Bertz CT molecular complexity index is 1270. The molecule has 3 heterocycles. The molecular formula is C26H28F5N3O3. The van der Waals surface area contributed by atoms with Crippen molar-refractivity contribution in [1.29, 1.82) is 0 Å². The quantitative estimate of drug-likeness (QED) is 0.348. The second-order valence-electron chi connectivity index (χ2n) is 10.5. The molecule has 1 amide bonds. The molecule has 37 heavy (non-hydrogen) atoms. The second kappa shape index (κ2) is 9.59. The fourth-order valence-corrected chi connectivity index (χ4v) is 4.50. The molecule has 0 radical (unpaired) electrons. The summed E-state index contributed by atoms with van der Waals surface area (Å²) in [5.41, 5.74) is -0.755. The summed E-state index contributed by atoms with van der Waals surface area (Å²) in [7, 11) is 0. The van der Waals surface area contributed by atoms with Crippen molar-refractivity contribution in [1.82, 2.24) is 15.2 Å². The van der Waals surface area contributed by atoms with Gasteiger partial charge in [-0.2, -0.15) is 13.2 Å². The largest absolute Gasteiger partial charge is 0.465 e. The predicted octanol–water partition coefficient (Wildman–Crippen LogP) is 7.10. The monoisotopic (exact) mass is 525 g/mol. The van der Waals surface area contributed by atoms with Crippen molar-refractivity contribution in [3.63, 3.8) is 0 Å². The molecule has 1 unspecified atom stereocenters. The molecule has 1 aliphatic rings. The van der Waals surface area contributed by atoms with E-state index in [1.807, 2.05) is 4.90 Å². The van der Waals surface area contributed by atoms with E-state index in [9.17, 15) is 31.9 Å². The van der Waals surface area contributed by atoms with Crippen LogP contribution in [0.5, 0.6) is 0 Å². The number of hydrogen-bond donors (Lipinski definition) is 2. The van der Waals surface area contributed by atoms with Crippen LogP contribution in [-0.2, 0) is 12.7 Å². The highest BCUT2D eigenvalue weighted by Crippen LogP contribution is 2.42. The van der Waals surface area contributed by atoms with Gasteiger partial charge < -0.3 is 14.8 Å². The maximum absolute atomic E-state index is 14.0. The Morgan fingerprint density at radius 1 is 1.16 bits per heavy atom. The molecule has 200 valence electrons. The molecule has 1 fully saturated rings. The van der Waals surface area contributed by atoms with Crippen molar-refractivity contribution in [2.24, 2.45) is 5.41 Å². The van der Waals surface area contributed by atoms with Crippen LogP contribution < -0.4 is 5.32 Å². The van der Waals surface area contributed by atoms with Crippen molar-refractivity contribution in [2.45, 2.75) is 58.3 Å². The minimum atomic E-state index is -4.73. The number of piperidine rings is 1. The molecular weight excluding hydrogens is 497 g/mol. The van der Waals surface area contributed by atoms with E-state index < -0.39 is 35.2 Å². The molecule has 2 aromatic heterocycles. The lowest BCUT2D eigenvalue weighted by Gasteiger charge is -2.31. The summed E-state index contributed by atoms with van der Waals surface area (Å²) >= 11 is 0. The van der Waals surface area contributed by atoms with Gasteiger partial charge >= 0.3 is 12.3 Å². The van der Waals surface area contributed by atoms with Crippen LogP contribution in [0.4, 0.5) is 26.7 Å². The molecule has 6 nitrogen and oxygen atoms in total. The van der Waals surface area contributed by atoms with Gasteiger partial charge in [-0.05, 0) is 35.2 Å². The third-order valence-corrected chi connectivity index (χ3v) is 6.47. The van der Waals surface area contributed by atoms with Gasteiger partial charge in [0.1, 0.15) is 11.3 Å². The molecule has 3 aromatic rings. The van der Waals surface area contributed by atoms with Gasteiger partial charge in [0.15, 0.2) is 0 Å². The molecule has 1 aromatic carbocycles. The standard InChI is InChI=1S/C26H28F5N3O3/c1-24(2,3)22(33-23(35)36)20-12-17-10-16(11-18(21(17)37-20)26(29,30)31)19-5-4-15(13-32-19)14-34-8-6-25(27,28)7-9-34/h4-5,10-13,22,33H,6-9,14H2,1-3H3,(H,35,36). The second-order valence-corrected chi connectivity index (χ2v) is 10.5. The van der Waals surface area contributed by atoms with Gasteiger partial charge in [-0.25, -0.2) is 13.6 Å². The maximum Gasteiger partial charge on any atom is 0.420 e. The van der Waals surface area contributed by atoms with Crippen LogP contribution in [0.2, 0.25) is 0 Å². The number of carbonyl (C=O) groups is 1. The van der Waals surface area contributed by atoms with Crippen molar-refractivity contribution < 1.29 is 36.3 Å². The average molecular weight is 526 g/mol. The Morgan fingerprint density at radius 3 is 2.38 bits per heavy atom. The van der Waals surface area contributed by atoms with Gasteiger partial charge in [-0.15, -0.1) is 0 Å². The molecule has 0 saturated carbocycles. The lowest BCUT2D eigenvalue weighted by Crippen LogP contribution is -2.38. The van der Waals surface area contributed by atoms with E-state index in [-0.39, 0.29) is 48.2 Å². The van der Waals surface area contributed by atoms with E-state index >= 15 is 0 Å². The van der Waals surface area contributed by atoms with E-state index in [1.165, 1.54) is 18.3 Å². The SMILES string of the molecule is CC(C)(C)C(NC(=O)O)c1cc2cc(-c3ccc(CN4CCC(F)(F)CC4)cn3)cc(C(F)(F)F)c2o1. The predicted molar refractivity (Wildman–Crippen MR) is 127 cm³/mol. The van der Waals surface area contributed by atoms with Crippen LogP contribution in [0.3, 0.4) is 0 Å². The highest BCUT2D eigenvalue weighted by atomic mass is 19.4. The number of likely N-dealkylation sites (tertiary alicyclic amines) is 1. The first-order valence-electron chi connectivity index (χ1n) is 11.8. The lowest BCUT2D eigenvalue weighted by molar-refractivity contribution is -0.136. The minimum Gasteiger partial charge on any atom is -0.465 e. The molecule has 1 atom stereocenters. The van der Waals surface area contributed by atoms with Crippen LogP contribution in [0, 0.1) is 5.41 Å². The maximum atomic E-state index is 14.0. The Labute approximate surface area is 210 Å². The van der Waals surface area contributed by atoms with E-state index in [0.29, 0.717) is 12.2 Å². The fourth-order valence-electron chi connectivity index (χ4n) is 4.50. The first kappa shape index (κ1) is 26.8. The van der Waals surface area contributed by atoms with Crippen molar-refractivity contribution in [3.05, 3.63) is 53.4 Å². The lowest BCUT2D eigenvalue weighted by atomic mass is 9.85. The summed E-state index contributed by atoms with van der Waals surface area (Å²) in [5, 5.41) is 11.7. The molecule has 0 spiro atoms. The molecule has 0 aliphatic carbocycles. The Morgan fingerprint density at radius 2 is 1.84 bits per heavy atom. The summed E-state index contributed by atoms with van der Waals surface area (Å²) in [6.07, 6.45) is -4.92. The summed E-state index contributed by atoms with van der Waals surface area (Å²) in [6, 6.07) is 6.34. The Balaban J connectivity index is 1.66. The normalized spacial score (nSPS) is 17.6. The topological polar surface area (TPSA) is 78.6 Å². The smallest absolute Gasteiger partial charge is 0.420 e. The average Bonchev–Trinajstić information content (AvgIpc) is 3.20. The van der Waals surface area contributed by atoms with Crippen LogP contribution in [0.25, 0.3) is 22.2 Å². The zero-order chi connectivity index (χ0) is 27.2. The van der Waals surface area contributed by atoms with E-state index in [1.54, 1.807) is 32.9 Å². The highest BCUT2D eigenvalue weighted by Gasteiger charge is 2.37. The Hall–Kier alpha value is -3.21. The third-order valence-electron chi connectivity index (χ3n) is 6.47. The number of alkyl halides is 5. The number of pyridine rings is 1. The van der Waals surface area contributed by atoms with E-state index in [2.05, 4.69) is 10.3 Å². The van der Waals surface area contributed by atoms with Gasteiger partial charge in [-0.1, -0.05) is 26.8 Å². The number of amides is 1. The van der Waals surface area contributed by atoms with Gasteiger partial charge in [0.2, 0.25) is 0 Å². The van der Waals surface area contributed by atoms with E-state index in [4.69, 9.17) is 4.42 Å². The van der Waals surface area contributed by atoms with Crippen LogP contribution in [0.15, 0.2) is 40.9 Å². The van der Waals surface area contributed by atoms with Gasteiger partial charge in [-0.3, -0.25) is 9.88 Å². The number of carboxylic acid groups (broad SMARTS) is 1.